The third-order valence-corrected chi connectivity index (χ3v) is 5.62. The Kier molecular flexibility index (Phi) is 1.31. The number of fused-ring (bicyclic) bond motifs is 5. The fourth-order valence-electron chi connectivity index (χ4n) is 4.43. The summed E-state index contributed by atoms with van der Waals surface area (Å²) in [5, 5.41) is 0. The zero-order valence-corrected chi connectivity index (χ0v) is 8.80. The zero-order chi connectivity index (χ0) is 10.1. The van der Waals surface area contributed by atoms with Crippen molar-refractivity contribution in [2.24, 2.45) is 22.7 Å². The lowest BCUT2D eigenvalue weighted by Gasteiger charge is -2.41. The molecule has 0 aromatic carbocycles. The van der Waals surface area contributed by atoms with Crippen LogP contribution in [0.15, 0.2) is 0 Å². The van der Waals surface area contributed by atoms with Crippen LogP contribution in [0.25, 0.3) is 0 Å². The Hall–Kier alpha value is -0.660. The highest BCUT2D eigenvalue weighted by Gasteiger charge is 2.72. The molecule has 3 fully saturated rings. The monoisotopic (exact) mass is 192 g/mol. The lowest BCUT2D eigenvalue weighted by Crippen LogP contribution is -2.45. The van der Waals surface area contributed by atoms with Crippen molar-refractivity contribution in [1.29, 1.82) is 0 Å². The molecule has 4 atom stereocenters. The number of rotatable bonds is 0. The molecule has 2 nitrogen and oxygen atoms in total. The van der Waals surface area contributed by atoms with Crippen LogP contribution in [0.1, 0.15) is 39.5 Å². The van der Waals surface area contributed by atoms with Crippen molar-refractivity contribution >= 4 is 11.6 Å². The second kappa shape index (κ2) is 2.12. The summed E-state index contributed by atoms with van der Waals surface area (Å²) in [5.74, 6) is 1.43. The van der Waals surface area contributed by atoms with Crippen LogP contribution in [0.5, 0.6) is 0 Å². The van der Waals surface area contributed by atoms with E-state index in [1.807, 2.05) is 13.8 Å². The Morgan fingerprint density at radius 2 is 1.43 bits per heavy atom. The fraction of sp³-hybridized carbons (Fsp3) is 0.833. The molecule has 0 saturated heterocycles. The Labute approximate surface area is 84.1 Å². The Balaban J connectivity index is 2.21. The van der Waals surface area contributed by atoms with Gasteiger partial charge in [0.15, 0.2) is 0 Å². The Morgan fingerprint density at radius 1 is 1.00 bits per heavy atom. The number of hydrogen-bond donors (Lipinski definition) is 0. The Bertz CT molecular complexity index is 314. The summed E-state index contributed by atoms with van der Waals surface area (Å²) >= 11 is 0. The largest absolute Gasteiger partial charge is 0.299 e. The standard InChI is InChI=1S/C12H16O2/c1-11-7-3-4-8(5-7)12(11,2)10(14)6-9(11)13/h7-8H,3-6H2,1-2H3. The van der Waals surface area contributed by atoms with E-state index in [0.29, 0.717) is 11.8 Å². The van der Waals surface area contributed by atoms with Crippen LogP contribution in [-0.2, 0) is 9.59 Å². The third-order valence-electron chi connectivity index (χ3n) is 5.62. The molecule has 0 N–H and O–H groups in total. The molecule has 0 amide bonds. The molecule has 2 bridgehead atoms. The van der Waals surface area contributed by atoms with Gasteiger partial charge in [-0.05, 0) is 31.1 Å². The molecule has 0 radical (unpaired) electrons. The van der Waals surface area contributed by atoms with Crippen molar-refractivity contribution in [1.82, 2.24) is 0 Å². The van der Waals surface area contributed by atoms with E-state index >= 15 is 0 Å². The van der Waals surface area contributed by atoms with Gasteiger partial charge in [-0.3, -0.25) is 9.59 Å². The van der Waals surface area contributed by atoms with E-state index in [1.54, 1.807) is 0 Å². The van der Waals surface area contributed by atoms with Crippen LogP contribution in [0.4, 0.5) is 0 Å². The predicted octanol–water partition coefficient (Wildman–Crippen LogP) is 1.97. The number of Topliss-reactive ketones (excluding diaryl/α,β-unsaturated/α-hetero) is 2. The molecule has 3 aliphatic carbocycles. The van der Waals surface area contributed by atoms with Gasteiger partial charge >= 0.3 is 0 Å². The normalized spacial score (nSPS) is 55.6. The van der Waals surface area contributed by atoms with Crippen molar-refractivity contribution in [3.63, 3.8) is 0 Å². The van der Waals surface area contributed by atoms with E-state index in [4.69, 9.17) is 0 Å². The molecular weight excluding hydrogens is 176 g/mol. The summed E-state index contributed by atoms with van der Waals surface area (Å²) in [6, 6.07) is 0. The maximum atomic E-state index is 12.0. The smallest absolute Gasteiger partial charge is 0.147 e. The van der Waals surface area contributed by atoms with Crippen molar-refractivity contribution in [3.05, 3.63) is 0 Å². The van der Waals surface area contributed by atoms with Gasteiger partial charge in [-0.1, -0.05) is 13.8 Å². The molecule has 0 aliphatic heterocycles. The average Bonchev–Trinajstić information content (AvgIpc) is 2.73. The van der Waals surface area contributed by atoms with Crippen molar-refractivity contribution in [3.8, 4) is 0 Å². The van der Waals surface area contributed by atoms with Crippen LogP contribution in [-0.4, -0.2) is 11.6 Å². The first-order valence-corrected chi connectivity index (χ1v) is 5.58. The van der Waals surface area contributed by atoms with Gasteiger partial charge < -0.3 is 0 Å². The van der Waals surface area contributed by atoms with Crippen LogP contribution in [0.3, 0.4) is 0 Å². The van der Waals surface area contributed by atoms with Gasteiger partial charge in [0, 0.05) is 10.8 Å². The van der Waals surface area contributed by atoms with Crippen LogP contribution in [0, 0.1) is 22.7 Å². The molecular formula is C12H16O2. The molecule has 0 aromatic rings. The summed E-state index contributed by atoms with van der Waals surface area (Å²) in [6.45, 7) is 4.09. The van der Waals surface area contributed by atoms with Crippen LogP contribution >= 0.6 is 0 Å². The average molecular weight is 192 g/mol. The summed E-state index contributed by atoms with van der Waals surface area (Å²) in [4.78, 5) is 23.9. The summed E-state index contributed by atoms with van der Waals surface area (Å²) in [7, 11) is 0. The molecule has 0 aromatic heterocycles. The highest BCUT2D eigenvalue weighted by molar-refractivity contribution is 6.13. The maximum Gasteiger partial charge on any atom is 0.147 e. The topological polar surface area (TPSA) is 34.1 Å². The molecule has 3 rings (SSSR count). The van der Waals surface area contributed by atoms with Gasteiger partial charge in [-0.25, -0.2) is 0 Å². The van der Waals surface area contributed by atoms with Crippen molar-refractivity contribution in [2.75, 3.05) is 0 Å². The van der Waals surface area contributed by atoms with Crippen LogP contribution < -0.4 is 0 Å². The van der Waals surface area contributed by atoms with E-state index < -0.39 is 0 Å². The number of carbonyl (C=O) groups is 2. The van der Waals surface area contributed by atoms with Gasteiger partial charge in [0.2, 0.25) is 0 Å². The number of carbonyl (C=O) groups excluding carboxylic acids is 2. The first-order valence-electron chi connectivity index (χ1n) is 5.58. The molecule has 3 saturated carbocycles. The van der Waals surface area contributed by atoms with Crippen molar-refractivity contribution < 1.29 is 9.59 Å². The lowest BCUT2D eigenvalue weighted by molar-refractivity contribution is -0.137. The summed E-state index contributed by atoms with van der Waals surface area (Å²) in [6.07, 6.45) is 3.65. The Morgan fingerprint density at radius 3 is 1.86 bits per heavy atom. The minimum Gasteiger partial charge on any atom is -0.299 e. The van der Waals surface area contributed by atoms with Gasteiger partial charge in [-0.15, -0.1) is 0 Å². The molecule has 0 heterocycles. The van der Waals surface area contributed by atoms with Crippen LogP contribution in [0.2, 0.25) is 0 Å². The highest BCUT2D eigenvalue weighted by Crippen LogP contribution is 2.70. The van der Waals surface area contributed by atoms with E-state index in [2.05, 4.69) is 0 Å². The number of hydrogen-bond acceptors (Lipinski definition) is 2. The molecule has 0 spiro atoms. The molecule has 2 heteroatoms. The van der Waals surface area contributed by atoms with E-state index in [0.717, 1.165) is 19.3 Å². The van der Waals surface area contributed by atoms with E-state index in [9.17, 15) is 9.59 Å². The second-order valence-electron chi connectivity index (χ2n) is 5.63. The van der Waals surface area contributed by atoms with Gasteiger partial charge in [0.25, 0.3) is 0 Å². The fourth-order valence-corrected chi connectivity index (χ4v) is 4.43. The molecule has 4 unspecified atom stereocenters. The maximum absolute atomic E-state index is 12.0. The van der Waals surface area contributed by atoms with E-state index in [-0.39, 0.29) is 28.8 Å². The predicted molar refractivity (Wildman–Crippen MR) is 51.7 cm³/mol. The molecule has 14 heavy (non-hydrogen) atoms. The number of ketones is 2. The quantitative estimate of drug-likeness (QED) is 0.550. The minimum atomic E-state index is -0.299. The first kappa shape index (κ1) is 8.63. The highest BCUT2D eigenvalue weighted by atomic mass is 16.2. The first-order chi connectivity index (χ1) is 6.51. The van der Waals surface area contributed by atoms with E-state index in [1.165, 1.54) is 0 Å². The second-order valence-corrected chi connectivity index (χ2v) is 5.63. The lowest BCUT2D eigenvalue weighted by atomic mass is 9.59. The third kappa shape index (κ3) is 0.590. The SMILES string of the molecule is CC12C(=O)CC(=O)C1(C)C1CCC2C1. The molecule has 3 aliphatic rings. The minimum absolute atomic E-state index is 0.208. The van der Waals surface area contributed by atoms with Gasteiger partial charge in [0.05, 0.1) is 6.42 Å². The van der Waals surface area contributed by atoms with Gasteiger partial charge in [0.1, 0.15) is 11.6 Å². The summed E-state index contributed by atoms with van der Waals surface area (Å²) in [5.41, 5.74) is -0.597. The zero-order valence-electron chi connectivity index (χ0n) is 8.80. The van der Waals surface area contributed by atoms with Crippen molar-refractivity contribution in [2.45, 2.75) is 39.5 Å². The van der Waals surface area contributed by atoms with Gasteiger partial charge in [-0.2, -0.15) is 0 Å². The molecule has 76 valence electrons. The summed E-state index contributed by atoms with van der Waals surface area (Å²) < 4.78 is 0.